The molecule has 0 saturated heterocycles. The Balaban J connectivity index is 2.65. The molecule has 0 amide bonds. The zero-order valence-electron chi connectivity index (χ0n) is 8.84. The second-order valence-electron chi connectivity index (χ2n) is 3.79. The highest BCUT2D eigenvalue weighted by Gasteiger charge is 2.14. The summed E-state index contributed by atoms with van der Waals surface area (Å²) in [5.41, 5.74) is 1.37. The molecule has 0 bridgehead atoms. The molecular weight excluding hydrogens is 569 g/mol. The summed E-state index contributed by atoms with van der Waals surface area (Å²) in [7, 11) is 0. The Hall–Kier alpha value is 0.100. The minimum atomic E-state index is 0.0408. The Labute approximate surface area is 144 Å². The van der Waals surface area contributed by atoms with Crippen LogP contribution < -0.4 is 5.43 Å². The van der Waals surface area contributed by atoms with E-state index in [9.17, 15) is 4.79 Å². The van der Waals surface area contributed by atoms with Crippen LogP contribution in [-0.2, 0) is 0 Å². The molecule has 5 heteroatoms. The van der Waals surface area contributed by atoms with Crippen LogP contribution in [0.1, 0.15) is 0 Å². The zero-order valence-corrected chi connectivity index (χ0v) is 15.3. The van der Waals surface area contributed by atoms with Crippen molar-refractivity contribution in [2.45, 2.75) is 0 Å². The largest absolute Gasteiger partial charge is 0.455 e. The van der Waals surface area contributed by atoms with Gasteiger partial charge in [0.05, 0.1) is 14.3 Å². The van der Waals surface area contributed by atoms with Gasteiger partial charge in [0.1, 0.15) is 5.58 Å². The standard InChI is InChI=1S/C13H5I3O2/c14-8-5-7-12(17)6-3-1-2-4-9(6)18-13(7)11(16)10(8)15/h1-5H. The maximum absolute atomic E-state index is 12.4. The maximum atomic E-state index is 12.4. The number of benzene rings is 2. The van der Waals surface area contributed by atoms with E-state index in [1.54, 1.807) is 6.07 Å². The Morgan fingerprint density at radius 1 is 0.944 bits per heavy atom. The monoisotopic (exact) mass is 574 g/mol. The van der Waals surface area contributed by atoms with Crippen LogP contribution in [0.4, 0.5) is 0 Å². The van der Waals surface area contributed by atoms with Crippen molar-refractivity contribution in [3.63, 3.8) is 0 Å². The highest BCUT2D eigenvalue weighted by Crippen LogP contribution is 2.30. The lowest BCUT2D eigenvalue weighted by atomic mass is 10.1. The van der Waals surface area contributed by atoms with Gasteiger partial charge in [-0.2, -0.15) is 0 Å². The lowest BCUT2D eigenvalue weighted by Crippen LogP contribution is -2.04. The van der Waals surface area contributed by atoms with Gasteiger partial charge in [0.25, 0.3) is 0 Å². The number of halogens is 3. The van der Waals surface area contributed by atoms with Crippen molar-refractivity contribution in [3.05, 3.63) is 51.3 Å². The number of rotatable bonds is 0. The summed E-state index contributed by atoms with van der Waals surface area (Å²) >= 11 is 6.75. The van der Waals surface area contributed by atoms with Gasteiger partial charge in [-0.15, -0.1) is 0 Å². The van der Waals surface area contributed by atoms with Crippen molar-refractivity contribution < 1.29 is 4.42 Å². The molecule has 0 fully saturated rings. The summed E-state index contributed by atoms with van der Waals surface area (Å²) in [5, 5.41) is 1.29. The Morgan fingerprint density at radius 3 is 2.44 bits per heavy atom. The summed E-state index contributed by atoms with van der Waals surface area (Å²) in [6.45, 7) is 0. The van der Waals surface area contributed by atoms with Crippen LogP contribution in [0.25, 0.3) is 21.9 Å². The van der Waals surface area contributed by atoms with E-state index in [2.05, 4.69) is 67.8 Å². The molecule has 2 aromatic carbocycles. The summed E-state index contributed by atoms with van der Waals surface area (Å²) in [6.07, 6.45) is 0. The molecule has 90 valence electrons. The lowest BCUT2D eigenvalue weighted by molar-refractivity contribution is 0.657. The van der Waals surface area contributed by atoms with E-state index in [1.165, 1.54) is 0 Å². The molecule has 2 nitrogen and oxygen atoms in total. The minimum Gasteiger partial charge on any atom is -0.455 e. The molecule has 3 aromatic rings. The van der Waals surface area contributed by atoms with Gasteiger partial charge in [-0.05, 0) is 86.0 Å². The van der Waals surface area contributed by atoms with Crippen molar-refractivity contribution in [1.82, 2.24) is 0 Å². The molecule has 0 aliphatic rings. The molecular formula is C13H5I3O2. The third-order valence-corrected chi connectivity index (χ3v) is 7.77. The Bertz CT molecular complexity index is 837. The van der Waals surface area contributed by atoms with E-state index in [0.717, 1.165) is 10.7 Å². The lowest BCUT2D eigenvalue weighted by Gasteiger charge is -2.06. The van der Waals surface area contributed by atoms with E-state index in [1.807, 2.05) is 24.3 Å². The second-order valence-corrected chi connectivity index (χ2v) is 7.11. The average Bonchev–Trinajstić information content (AvgIpc) is 2.38. The molecule has 0 N–H and O–H groups in total. The number of fused-ring (bicyclic) bond motifs is 2. The molecule has 1 heterocycles. The highest BCUT2D eigenvalue weighted by molar-refractivity contribution is 14.1. The second kappa shape index (κ2) is 4.89. The fourth-order valence-electron chi connectivity index (χ4n) is 1.85. The van der Waals surface area contributed by atoms with Crippen LogP contribution in [0.2, 0.25) is 0 Å². The topological polar surface area (TPSA) is 30.2 Å². The first-order chi connectivity index (χ1) is 8.59. The van der Waals surface area contributed by atoms with Crippen molar-refractivity contribution >= 4 is 89.7 Å². The molecule has 0 aliphatic heterocycles. The van der Waals surface area contributed by atoms with Gasteiger partial charge < -0.3 is 4.42 Å². The van der Waals surface area contributed by atoms with Crippen molar-refractivity contribution in [2.75, 3.05) is 0 Å². The Morgan fingerprint density at radius 2 is 1.67 bits per heavy atom. The smallest absolute Gasteiger partial charge is 0.200 e. The summed E-state index contributed by atoms with van der Waals surface area (Å²) in [5.74, 6) is 0. The molecule has 0 unspecified atom stereocenters. The van der Waals surface area contributed by atoms with Gasteiger partial charge in [-0.25, -0.2) is 0 Å². The van der Waals surface area contributed by atoms with Gasteiger partial charge in [-0.1, -0.05) is 12.1 Å². The van der Waals surface area contributed by atoms with Crippen LogP contribution in [0.15, 0.2) is 39.5 Å². The van der Waals surface area contributed by atoms with E-state index in [-0.39, 0.29) is 5.43 Å². The predicted octanol–water partition coefficient (Wildman–Crippen LogP) is 4.76. The van der Waals surface area contributed by atoms with Crippen LogP contribution in [0.3, 0.4) is 0 Å². The van der Waals surface area contributed by atoms with Crippen molar-refractivity contribution in [2.24, 2.45) is 0 Å². The van der Waals surface area contributed by atoms with Gasteiger partial charge in [-0.3, -0.25) is 4.79 Å². The van der Waals surface area contributed by atoms with Crippen LogP contribution in [0, 0.1) is 10.7 Å². The highest BCUT2D eigenvalue weighted by atomic mass is 127. The average molecular weight is 574 g/mol. The van der Waals surface area contributed by atoms with Gasteiger partial charge in [0.15, 0.2) is 5.58 Å². The fourth-order valence-corrected chi connectivity index (χ4v) is 4.03. The van der Waals surface area contributed by atoms with E-state index >= 15 is 0 Å². The summed E-state index contributed by atoms with van der Waals surface area (Å²) < 4.78 is 9.08. The summed E-state index contributed by atoms with van der Waals surface area (Å²) in [6, 6.07) is 9.27. The normalized spacial score (nSPS) is 11.3. The predicted molar refractivity (Wildman–Crippen MR) is 98.1 cm³/mol. The molecule has 0 aliphatic carbocycles. The first-order valence-electron chi connectivity index (χ1n) is 5.08. The summed E-state index contributed by atoms with van der Waals surface area (Å²) in [4.78, 5) is 12.4. The van der Waals surface area contributed by atoms with Gasteiger partial charge in [0, 0.05) is 7.14 Å². The third kappa shape index (κ3) is 1.98. The van der Waals surface area contributed by atoms with Crippen LogP contribution >= 0.6 is 67.8 Å². The third-order valence-electron chi connectivity index (χ3n) is 2.71. The van der Waals surface area contributed by atoms with Crippen LogP contribution in [-0.4, -0.2) is 0 Å². The molecule has 0 spiro atoms. The zero-order chi connectivity index (χ0) is 12.9. The first kappa shape index (κ1) is 13.1. The van der Waals surface area contributed by atoms with E-state index < -0.39 is 0 Å². The fraction of sp³-hybridized carbons (Fsp3) is 0. The van der Waals surface area contributed by atoms with Crippen molar-refractivity contribution in [1.29, 1.82) is 0 Å². The quantitative estimate of drug-likeness (QED) is 0.221. The number of hydrogen-bond donors (Lipinski definition) is 0. The minimum absolute atomic E-state index is 0.0408. The maximum Gasteiger partial charge on any atom is 0.200 e. The first-order valence-corrected chi connectivity index (χ1v) is 8.32. The molecule has 1 aromatic heterocycles. The number of hydrogen-bond acceptors (Lipinski definition) is 2. The van der Waals surface area contributed by atoms with E-state index in [4.69, 9.17) is 4.42 Å². The van der Waals surface area contributed by atoms with Crippen LogP contribution in [0.5, 0.6) is 0 Å². The van der Waals surface area contributed by atoms with Gasteiger partial charge in [0.2, 0.25) is 5.43 Å². The van der Waals surface area contributed by atoms with Gasteiger partial charge >= 0.3 is 0 Å². The molecule has 0 atom stereocenters. The molecule has 18 heavy (non-hydrogen) atoms. The molecule has 3 rings (SSSR count). The molecule has 0 saturated carbocycles. The van der Waals surface area contributed by atoms with E-state index in [0.29, 0.717) is 21.9 Å². The Kier molecular flexibility index (Phi) is 3.56. The SMILES string of the molecule is O=c1c2ccccc2oc2c(I)c(I)c(I)cc12. The molecule has 0 radical (unpaired) electrons. The number of para-hydroxylation sites is 1. The van der Waals surface area contributed by atoms with Crippen molar-refractivity contribution in [3.8, 4) is 0 Å².